The molecule has 130 valence electrons. The first kappa shape index (κ1) is 16.8. The summed E-state index contributed by atoms with van der Waals surface area (Å²) in [5.74, 6) is -2.42. The Morgan fingerprint density at radius 3 is 2.79 bits per heavy atom. The number of anilines is 1. The third-order valence-electron chi connectivity index (χ3n) is 4.86. The smallest absolute Gasteiger partial charge is 0.228 e. The number of rotatable bonds is 3. The molecule has 1 aromatic carbocycles. The highest BCUT2D eigenvalue weighted by Gasteiger charge is 2.39. The van der Waals surface area contributed by atoms with Gasteiger partial charge in [0.2, 0.25) is 11.8 Å². The maximum Gasteiger partial charge on any atom is 0.228 e. The molecule has 0 spiro atoms. The van der Waals surface area contributed by atoms with Crippen molar-refractivity contribution in [2.45, 2.75) is 31.7 Å². The summed E-state index contributed by atoms with van der Waals surface area (Å²) in [6.45, 7) is 1.17. The first-order valence-electron chi connectivity index (χ1n) is 8.27. The van der Waals surface area contributed by atoms with E-state index < -0.39 is 17.6 Å². The van der Waals surface area contributed by atoms with Crippen LogP contribution in [-0.4, -0.2) is 42.4 Å². The first-order valence-corrected chi connectivity index (χ1v) is 8.27. The van der Waals surface area contributed by atoms with Gasteiger partial charge >= 0.3 is 0 Å². The van der Waals surface area contributed by atoms with Crippen molar-refractivity contribution in [3.63, 3.8) is 0 Å². The number of benzene rings is 1. The SMILES string of the molecule is NCC1CCCCN1C(=O)C1CC(=O)N(c2ccc(F)cc2F)C1. The zero-order chi connectivity index (χ0) is 17.3. The molecule has 0 radical (unpaired) electrons. The highest BCUT2D eigenvalue weighted by atomic mass is 19.1. The molecule has 2 heterocycles. The van der Waals surface area contributed by atoms with Gasteiger partial charge in [0, 0.05) is 38.2 Å². The normalized spacial score (nSPS) is 24.5. The minimum absolute atomic E-state index is 0.0120. The third kappa shape index (κ3) is 3.13. The van der Waals surface area contributed by atoms with Crippen LogP contribution in [0, 0.1) is 17.6 Å². The van der Waals surface area contributed by atoms with E-state index in [1.807, 2.05) is 0 Å². The van der Waals surface area contributed by atoms with Crippen LogP contribution >= 0.6 is 0 Å². The van der Waals surface area contributed by atoms with E-state index in [4.69, 9.17) is 5.73 Å². The Morgan fingerprint density at radius 1 is 1.29 bits per heavy atom. The van der Waals surface area contributed by atoms with Crippen LogP contribution in [0.2, 0.25) is 0 Å². The van der Waals surface area contributed by atoms with Crippen molar-refractivity contribution in [1.29, 1.82) is 0 Å². The Balaban J connectivity index is 1.75. The molecule has 0 bridgehead atoms. The Bertz CT molecular complexity index is 653. The molecule has 2 aliphatic heterocycles. The second-order valence-corrected chi connectivity index (χ2v) is 6.42. The molecular weight excluding hydrogens is 316 g/mol. The Morgan fingerprint density at radius 2 is 2.08 bits per heavy atom. The van der Waals surface area contributed by atoms with E-state index in [0.717, 1.165) is 31.4 Å². The molecule has 2 unspecified atom stereocenters. The fourth-order valence-electron chi connectivity index (χ4n) is 3.58. The largest absolute Gasteiger partial charge is 0.338 e. The van der Waals surface area contributed by atoms with Gasteiger partial charge in [-0.1, -0.05) is 0 Å². The molecule has 3 rings (SSSR count). The summed E-state index contributed by atoms with van der Waals surface area (Å²) in [6, 6.07) is 3.10. The van der Waals surface area contributed by atoms with Gasteiger partial charge in [-0.15, -0.1) is 0 Å². The molecular formula is C17H21F2N3O2. The zero-order valence-electron chi connectivity index (χ0n) is 13.4. The highest BCUT2D eigenvalue weighted by Crippen LogP contribution is 2.30. The predicted octanol–water partition coefficient (Wildman–Crippen LogP) is 1.66. The molecule has 0 aromatic heterocycles. The Labute approximate surface area is 139 Å². The molecule has 2 N–H and O–H groups in total. The molecule has 7 heteroatoms. The number of likely N-dealkylation sites (tertiary alicyclic amines) is 1. The van der Waals surface area contributed by atoms with E-state index in [0.29, 0.717) is 13.1 Å². The number of piperidine rings is 1. The van der Waals surface area contributed by atoms with Crippen molar-refractivity contribution in [2.75, 3.05) is 24.5 Å². The van der Waals surface area contributed by atoms with Crippen LogP contribution in [0.15, 0.2) is 18.2 Å². The van der Waals surface area contributed by atoms with E-state index in [1.165, 1.54) is 11.0 Å². The molecule has 2 aliphatic rings. The summed E-state index contributed by atoms with van der Waals surface area (Å²) in [5, 5.41) is 0. The van der Waals surface area contributed by atoms with Crippen LogP contribution in [0.5, 0.6) is 0 Å². The lowest BCUT2D eigenvalue weighted by molar-refractivity contribution is -0.139. The van der Waals surface area contributed by atoms with Gasteiger partial charge in [-0.25, -0.2) is 8.78 Å². The van der Waals surface area contributed by atoms with Gasteiger partial charge in [-0.05, 0) is 31.4 Å². The molecule has 0 aliphatic carbocycles. The predicted molar refractivity (Wildman–Crippen MR) is 85.2 cm³/mol. The van der Waals surface area contributed by atoms with Crippen LogP contribution in [0.3, 0.4) is 0 Å². The maximum absolute atomic E-state index is 13.9. The summed E-state index contributed by atoms with van der Waals surface area (Å²) in [5.41, 5.74) is 5.77. The molecule has 2 amide bonds. The molecule has 24 heavy (non-hydrogen) atoms. The van der Waals surface area contributed by atoms with Crippen molar-refractivity contribution >= 4 is 17.5 Å². The van der Waals surface area contributed by atoms with Gasteiger partial charge in [0.1, 0.15) is 11.6 Å². The average molecular weight is 337 g/mol. The van der Waals surface area contributed by atoms with Crippen LogP contribution < -0.4 is 10.6 Å². The standard InChI is InChI=1S/C17H21F2N3O2/c18-12-4-5-15(14(19)8-12)22-10-11(7-16(22)23)17(24)21-6-2-1-3-13(21)9-20/h4-5,8,11,13H,1-3,6-7,9-10,20H2. The first-order chi connectivity index (χ1) is 11.5. The van der Waals surface area contributed by atoms with Gasteiger partial charge in [0.15, 0.2) is 0 Å². The van der Waals surface area contributed by atoms with Crippen molar-refractivity contribution in [3.05, 3.63) is 29.8 Å². The lowest BCUT2D eigenvalue weighted by Gasteiger charge is -2.36. The molecule has 2 saturated heterocycles. The fourth-order valence-corrected chi connectivity index (χ4v) is 3.58. The second kappa shape index (κ2) is 6.84. The summed E-state index contributed by atoms with van der Waals surface area (Å²) in [4.78, 5) is 28.0. The molecule has 2 atom stereocenters. The maximum atomic E-state index is 13.9. The summed E-state index contributed by atoms with van der Waals surface area (Å²) >= 11 is 0. The number of carbonyl (C=O) groups excluding carboxylic acids is 2. The van der Waals surface area contributed by atoms with Crippen molar-refractivity contribution in [2.24, 2.45) is 11.7 Å². The van der Waals surface area contributed by atoms with Gasteiger partial charge in [-0.2, -0.15) is 0 Å². The lowest BCUT2D eigenvalue weighted by atomic mass is 9.98. The number of hydrogen-bond acceptors (Lipinski definition) is 3. The molecule has 5 nitrogen and oxygen atoms in total. The monoisotopic (exact) mass is 337 g/mol. The van der Waals surface area contributed by atoms with E-state index >= 15 is 0 Å². The van der Waals surface area contributed by atoms with Crippen LogP contribution in [0.4, 0.5) is 14.5 Å². The second-order valence-electron chi connectivity index (χ2n) is 6.42. The van der Waals surface area contributed by atoms with Crippen molar-refractivity contribution in [1.82, 2.24) is 4.90 Å². The molecule has 0 saturated carbocycles. The van der Waals surface area contributed by atoms with Gasteiger partial charge in [0.25, 0.3) is 0 Å². The van der Waals surface area contributed by atoms with Crippen molar-refractivity contribution in [3.8, 4) is 0 Å². The van der Waals surface area contributed by atoms with Crippen LogP contribution in [0.1, 0.15) is 25.7 Å². The van der Waals surface area contributed by atoms with Crippen LogP contribution in [0.25, 0.3) is 0 Å². The molecule has 2 fully saturated rings. The quantitative estimate of drug-likeness (QED) is 0.912. The van der Waals surface area contributed by atoms with Gasteiger partial charge < -0.3 is 15.5 Å². The number of amides is 2. The van der Waals surface area contributed by atoms with Gasteiger partial charge in [0.05, 0.1) is 11.6 Å². The topological polar surface area (TPSA) is 66.6 Å². The van der Waals surface area contributed by atoms with Gasteiger partial charge in [-0.3, -0.25) is 9.59 Å². The highest BCUT2D eigenvalue weighted by molar-refractivity contribution is 6.00. The summed E-state index contributed by atoms with van der Waals surface area (Å²) < 4.78 is 27.0. The van der Waals surface area contributed by atoms with E-state index in [9.17, 15) is 18.4 Å². The number of nitrogens with two attached hydrogens (primary N) is 1. The fraction of sp³-hybridized carbons (Fsp3) is 0.529. The van der Waals surface area contributed by atoms with Crippen molar-refractivity contribution < 1.29 is 18.4 Å². The van der Waals surface area contributed by atoms with Crippen LogP contribution in [-0.2, 0) is 9.59 Å². The van der Waals surface area contributed by atoms with E-state index in [2.05, 4.69) is 0 Å². The number of halogens is 2. The Kier molecular flexibility index (Phi) is 4.80. The zero-order valence-corrected chi connectivity index (χ0v) is 13.4. The summed E-state index contributed by atoms with van der Waals surface area (Å²) in [6.07, 6.45) is 2.89. The lowest BCUT2D eigenvalue weighted by Crippen LogP contribution is -2.50. The van der Waals surface area contributed by atoms with E-state index in [1.54, 1.807) is 4.90 Å². The third-order valence-corrected chi connectivity index (χ3v) is 4.86. The number of nitrogens with zero attached hydrogens (tertiary/aromatic N) is 2. The summed E-state index contributed by atoms with van der Waals surface area (Å²) in [7, 11) is 0. The number of hydrogen-bond donors (Lipinski definition) is 1. The Hall–Kier alpha value is -2.02. The number of carbonyl (C=O) groups is 2. The minimum Gasteiger partial charge on any atom is -0.338 e. The average Bonchev–Trinajstić information content (AvgIpc) is 2.96. The molecule has 1 aromatic rings. The van der Waals surface area contributed by atoms with E-state index in [-0.39, 0.29) is 36.5 Å². The minimum atomic E-state index is -0.797.